The van der Waals surface area contributed by atoms with Crippen LogP contribution in [0, 0.1) is 24.0 Å². The summed E-state index contributed by atoms with van der Waals surface area (Å²) in [4.78, 5) is 36.5. The smallest absolute Gasteiger partial charge is 0.281 e. The molecule has 1 aliphatic carbocycles. The summed E-state index contributed by atoms with van der Waals surface area (Å²) in [5.74, 6) is -0.512. The highest BCUT2D eigenvalue weighted by Crippen LogP contribution is 2.43. The highest BCUT2D eigenvalue weighted by molar-refractivity contribution is 9.10. The fourth-order valence-electron chi connectivity index (χ4n) is 3.05. The van der Waals surface area contributed by atoms with Crippen LogP contribution in [0.4, 0.5) is 5.69 Å². The third-order valence-electron chi connectivity index (χ3n) is 4.32. The largest absolute Gasteiger partial charge is 0.495 e. The zero-order valence-electron chi connectivity index (χ0n) is 13.1. The molecule has 6 nitrogen and oxygen atoms in total. The van der Waals surface area contributed by atoms with Crippen LogP contribution in [0.25, 0.3) is 0 Å². The highest BCUT2D eigenvalue weighted by Gasteiger charge is 2.39. The van der Waals surface area contributed by atoms with Gasteiger partial charge in [0.15, 0.2) is 5.78 Å². The molecule has 0 saturated carbocycles. The predicted molar refractivity (Wildman–Crippen MR) is 90.1 cm³/mol. The summed E-state index contributed by atoms with van der Waals surface area (Å²) in [5, 5.41) is 11.3. The molecule has 2 aromatic rings. The van der Waals surface area contributed by atoms with Crippen LogP contribution in [0.5, 0.6) is 5.75 Å². The molecule has 0 bridgehead atoms. The van der Waals surface area contributed by atoms with Crippen LogP contribution < -0.4 is 4.74 Å². The van der Waals surface area contributed by atoms with E-state index in [2.05, 4.69) is 15.9 Å². The Labute approximate surface area is 145 Å². The Hall–Kier alpha value is -2.54. The van der Waals surface area contributed by atoms with Gasteiger partial charge in [-0.15, -0.1) is 0 Å². The van der Waals surface area contributed by atoms with Gasteiger partial charge in [-0.05, 0) is 47.0 Å². The van der Waals surface area contributed by atoms with E-state index in [0.29, 0.717) is 15.8 Å². The van der Waals surface area contributed by atoms with Crippen LogP contribution >= 0.6 is 15.9 Å². The van der Waals surface area contributed by atoms with E-state index in [9.17, 15) is 19.7 Å². The van der Waals surface area contributed by atoms with E-state index < -0.39 is 16.5 Å². The van der Waals surface area contributed by atoms with Crippen molar-refractivity contribution in [1.82, 2.24) is 0 Å². The number of hydrogen-bond acceptors (Lipinski definition) is 5. The molecule has 0 N–H and O–H groups in total. The first kappa shape index (κ1) is 16.3. The third-order valence-corrected chi connectivity index (χ3v) is 5.07. The van der Waals surface area contributed by atoms with E-state index in [1.54, 1.807) is 13.8 Å². The lowest BCUT2D eigenvalue weighted by Crippen LogP contribution is -2.24. The lowest BCUT2D eigenvalue weighted by Gasteiger charge is -2.23. The van der Waals surface area contributed by atoms with Crippen molar-refractivity contribution in [3.05, 3.63) is 66.2 Å². The predicted octanol–water partition coefficient (Wildman–Crippen LogP) is 3.76. The zero-order chi connectivity index (χ0) is 17.8. The van der Waals surface area contributed by atoms with Gasteiger partial charge < -0.3 is 4.74 Å². The van der Waals surface area contributed by atoms with Crippen molar-refractivity contribution in [3.63, 3.8) is 0 Å². The first-order valence-electron chi connectivity index (χ1n) is 7.04. The van der Waals surface area contributed by atoms with Crippen LogP contribution in [0.1, 0.15) is 43.0 Å². The number of fused-ring (bicyclic) bond motifs is 2. The number of benzene rings is 2. The van der Waals surface area contributed by atoms with E-state index in [-0.39, 0.29) is 27.9 Å². The SMILES string of the molecule is COc1c(C)c(C)c2c(c1Br)C(=O)c1c(cccc1[N+](=O)[O-])C2=O. The number of rotatable bonds is 2. The second kappa shape index (κ2) is 5.52. The summed E-state index contributed by atoms with van der Waals surface area (Å²) in [6, 6.07) is 4.08. The molecule has 0 amide bonds. The maximum Gasteiger partial charge on any atom is 0.281 e. The molecule has 0 unspecified atom stereocenters. The van der Waals surface area contributed by atoms with Gasteiger partial charge in [-0.2, -0.15) is 0 Å². The molecule has 0 saturated heterocycles. The number of nitro groups is 1. The quantitative estimate of drug-likeness (QED) is 0.491. The average Bonchev–Trinajstić information content (AvgIpc) is 2.55. The summed E-state index contributed by atoms with van der Waals surface area (Å²) >= 11 is 3.33. The van der Waals surface area contributed by atoms with Gasteiger partial charge in [0.1, 0.15) is 11.3 Å². The molecule has 1 aliphatic rings. The van der Waals surface area contributed by atoms with Crippen molar-refractivity contribution in [2.45, 2.75) is 13.8 Å². The minimum atomic E-state index is -0.652. The Bertz CT molecular complexity index is 949. The molecule has 24 heavy (non-hydrogen) atoms. The summed E-state index contributed by atoms with van der Waals surface area (Å²) in [7, 11) is 1.46. The molecule has 2 aromatic carbocycles. The molecular formula is C17H12BrNO5. The molecule has 0 spiro atoms. The molecule has 0 aliphatic heterocycles. The number of halogens is 1. The van der Waals surface area contributed by atoms with Gasteiger partial charge in [0.05, 0.1) is 22.1 Å². The van der Waals surface area contributed by atoms with Crippen molar-refractivity contribution in [1.29, 1.82) is 0 Å². The van der Waals surface area contributed by atoms with E-state index in [4.69, 9.17) is 4.74 Å². The van der Waals surface area contributed by atoms with E-state index in [1.807, 2.05) is 0 Å². The van der Waals surface area contributed by atoms with Crippen LogP contribution in [-0.4, -0.2) is 23.6 Å². The number of nitro benzene ring substituents is 1. The lowest BCUT2D eigenvalue weighted by atomic mass is 9.80. The van der Waals surface area contributed by atoms with Crippen LogP contribution in [0.2, 0.25) is 0 Å². The number of carbonyl (C=O) groups excluding carboxylic acids is 2. The molecule has 3 rings (SSSR count). The second-order valence-corrected chi connectivity index (χ2v) is 6.26. The Morgan fingerprint density at radius 2 is 1.71 bits per heavy atom. The first-order chi connectivity index (χ1) is 11.3. The van der Waals surface area contributed by atoms with Gasteiger partial charge in [0.25, 0.3) is 5.69 Å². The van der Waals surface area contributed by atoms with Gasteiger partial charge >= 0.3 is 0 Å². The van der Waals surface area contributed by atoms with E-state index >= 15 is 0 Å². The Morgan fingerprint density at radius 3 is 2.29 bits per heavy atom. The zero-order valence-corrected chi connectivity index (χ0v) is 14.7. The fraction of sp³-hybridized carbons (Fsp3) is 0.176. The first-order valence-corrected chi connectivity index (χ1v) is 7.84. The number of carbonyl (C=O) groups is 2. The van der Waals surface area contributed by atoms with Crippen LogP contribution in [0.3, 0.4) is 0 Å². The summed E-state index contributed by atoms with van der Waals surface area (Å²) < 4.78 is 5.67. The minimum Gasteiger partial charge on any atom is -0.495 e. The highest BCUT2D eigenvalue weighted by atomic mass is 79.9. The Kier molecular flexibility index (Phi) is 3.76. The van der Waals surface area contributed by atoms with Crippen molar-refractivity contribution in [2.24, 2.45) is 0 Å². The molecule has 0 atom stereocenters. The molecule has 0 radical (unpaired) electrons. The summed E-state index contributed by atoms with van der Waals surface area (Å²) in [6.45, 7) is 3.52. The summed E-state index contributed by atoms with van der Waals surface area (Å²) in [5.41, 5.74) is 1.24. The maximum absolute atomic E-state index is 13.0. The summed E-state index contributed by atoms with van der Waals surface area (Å²) in [6.07, 6.45) is 0. The van der Waals surface area contributed by atoms with Gasteiger partial charge in [-0.25, -0.2) is 0 Å². The molecule has 7 heteroatoms. The van der Waals surface area contributed by atoms with Crippen molar-refractivity contribution in [2.75, 3.05) is 7.11 Å². The lowest BCUT2D eigenvalue weighted by molar-refractivity contribution is -0.385. The van der Waals surface area contributed by atoms with E-state index in [0.717, 1.165) is 5.56 Å². The van der Waals surface area contributed by atoms with E-state index in [1.165, 1.54) is 25.3 Å². The molecule has 0 aromatic heterocycles. The monoisotopic (exact) mass is 389 g/mol. The number of hydrogen-bond donors (Lipinski definition) is 0. The van der Waals surface area contributed by atoms with Gasteiger partial charge in [0.2, 0.25) is 5.78 Å². The van der Waals surface area contributed by atoms with Crippen LogP contribution in [-0.2, 0) is 0 Å². The van der Waals surface area contributed by atoms with Gasteiger partial charge in [-0.1, -0.05) is 6.07 Å². The van der Waals surface area contributed by atoms with Crippen molar-refractivity contribution in [3.8, 4) is 5.75 Å². The number of methoxy groups -OCH3 is 1. The van der Waals surface area contributed by atoms with Gasteiger partial charge in [-0.3, -0.25) is 19.7 Å². The molecule has 0 fully saturated rings. The maximum atomic E-state index is 13.0. The third kappa shape index (κ3) is 2.01. The number of nitrogens with zero attached hydrogens (tertiary/aromatic N) is 1. The standard InChI is InChI=1S/C17H12BrNO5/c1-7-8(2)17(24-3)14(18)13-11(7)15(20)9-5-4-6-10(19(22)23)12(9)16(13)21/h4-6H,1-3H3. The minimum absolute atomic E-state index is 0.0567. The Balaban J connectivity index is 2.45. The number of ether oxygens (including phenoxy) is 1. The van der Waals surface area contributed by atoms with Crippen LogP contribution in [0.15, 0.2) is 22.7 Å². The van der Waals surface area contributed by atoms with Crippen molar-refractivity contribution >= 4 is 33.2 Å². The average molecular weight is 390 g/mol. The van der Waals surface area contributed by atoms with Crippen molar-refractivity contribution < 1.29 is 19.2 Å². The second-order valence-electron chi connectivity index (χ2n) is 5.46. The van der Waals surface area contributed by atoms with Gasteiger partial charge in [0, 0.05) is 17.2 Å². The molecular weight excluding hydrogens is 378 g/mol. The fourth-order valence-corrected chi connectivity index (χ4v) is 3.89. The molecule has 0 heterocycles. The number of ketones is 2. The molecule has 122 valence electrons. The topological polar surface area (TPSA) is 86.5 Å². The Morgan fingerprint density at radius 1 is 1.04 bits per heavy atom. The normalized spacial score (nSPS) is 12.7.